The summed E-state index contributed by atoms with van der Waals surface area (Å²) in [6, 6.07) is 25.9. The molecule has 1 saturated heterocycles. The van der Waals surface area contributed by atoms with Gasteiger partial charge < -0.3 is 20.1 Å². The van der Waals surface area contributed by atoms with Crippen LogP contribution in [-0.4, -0.2) is 37.0 Å². The number of benzene rings is 2. The summed E-state index contributed by atoms with van der Waals surface area (Å²) < 4.78 is 2.18. The molecule has 1 fully saturated rings. The zero-order valence-corrected chi connectivity index (χ0v) is 24.2. The predicted molar refractivity (Wildman–Crippen MR) is 167 cm³/mol. The number of aryl methyl sites for hydroxylation is 2. The molecular weight excluding hydrogens is 528 g/mol. The second kappa shape index (κ2) is 11.1. The monoisotopic (exact) mass is 560 g/mol. The molecule has 206 valence electrons. The summed E-state index contributed by atoms with van der Waals surface area (Å²) in [5.74, 6) is 0.819. The average molecular weight is 561 g/mol. The van der Waals surface area contributed by atoms with Crippen molar-refractivity contribution >= 4 is 39.7 Å². The number of thiocarbonyl (C=S) groups is 1. The number of hydrogen-bond donors (Lipinski definition) is 2. The number of anilines is 1. The van der Waals surface area contributed by atoms with E-state index < -0.39 is 0 Å². The number of amides is 1. The van der Waals surface area contributed by atoms with Gasteiger partial charge >= 0.3 is 0 Å². The lowest BCUT2D eigenvalue weighted by Gasteiger charge is -2.28. The summed E-state index contributed by atoms with van der Waals surface area (Å²) in [7, 11) is 0. The third kappa shape index (κ3) is 5.18. The van der Waals surface area contributed by atoms with Crippen molar-refractivity contribution in [3.63, 3.8) is 0 Å². The van der Waals surface area contributed by atoms with Crippen LogP contribution in [0.25, 0.3) is 16.6 Å². The second-order valence-corrected chi connectivity index (χ2v) is 10.9. The molecule has 4 heterocycles. The van der Waals surface area contributed by atoms with Gasteiger partial charge in [0.25, 0.3) is 0 Å². The van der Waals surface area contributed by atoms with Crippen LogP contribution in [0.3, 0.4) is 0 Å². The number of pyridine rings is 2. The number of hydrogen-bond acceptors (Lipinski definition) is 4. The van der Waals surface area contributed by atoms with Crippen LogP contribution in [0.15, 0.2) is 91.3 Å². The number of carbonyl (C=O) groups is 1. The topological polar surface area (TPSA) is 75.1 Å². The third-order valence-electron chi connectivity index (χ3n) is 7.76. The first-order valence-electron chi connectivity index (χ1n) is 13.8. The van der Waals surface area contributed by atoms with Crippen LogP contribution in [0, 0.1) is 20.8 Å². The minimum Gasteiger partial charge on any atom is -0.352 e. The van der Waals surface area contributed by atoms with Gasteiger partial charge in [-0.05, 0) is 79.8 Å². The molecule has 2 N–H and O–H groups in total. The highest BCUT2D eigenvalue weighted by Gasteiger charge is 2.41. The van der Waals surface area contributed by atoms with Crippen LogP contribution in [0.4, 0.5) is 5.69 Å². The number of carbonyl (C=O) groups excluding carboxylic acids is 1. The zero-order chi connectivity index (χ0) is 28.5. The number of aromatic nitrogens is 3. The Hall–Kier alpha value is -4.56. The Morgan fingerprint density at radius 1 is 0.976 bits per heavy atom. The molecule has 1 aliphatic heterocycles. The van der Waals surface area contributed by atoms with Crippen LogP contribution >= 0.6 is 12.2 Å². The van der Waals surface area contributed by atoms with Gasteiger partial charge in [0.2, 0.25) is 5.91 Å². The SMILES string of the molecule is Cc1ccc(-n2c(C)cc([C@H]3[C@@H](c4ccccn4)NC(=S)N3CCC(=O)Nc3cccc4ccccc34)c2C)nc1. The molecule has 0 bridgehead atoms. The van der Waals surface area contributed by atoms with E-state index in [0.717, 1.165) is 50.5 Å². The van der Waals surface area contributed by atoms with Crippen molar-refractivity contribution in [1.82, 2.24) is 24.8 Å². The highest BCUT2D eigenvalue weighted by atomic mass is 32.1. The molecule has 0 radical (unpaired) electrons. The molecule has 8 heteroatoms. The maximum atomic E-state index is 13.2. The molecule has 6 rings (SSSR count). The van der Waals surface area contributed by atoms with Crippen molar-refractivity contribution in [2.75, 3.05) is 11.9 Å². The lowest BCUT2D eigenvalue weighted by Crippen LogP contribution is -2.33. The molecule has 7 nitrogen and oxygen atoms in total. The summed E-state index contributed by atoms with van der Waals surface area (Å²) in [5.41, 5.74) is 6.13. The standard InChI is InChI=1S/C33H32N6OS/c1-21-14-15-29(35-20-21)39-22(2)19-26(23(39)3)32-31(28-12-6-7-17-34-28)37-33(41)38(32)18-16-30(40)36-27-13-8-10-24-9-4-5-11-25(24)27/h4-15,17,19-20,31-32H,16,18H2,1-3H3,(H,36,40)(H,37,41)/t31-,32+/m1/s1. The molecular formula is C33H32N6OS. The largest absolute Gasteiger partial charge is 0.352 e. The smallest absolute Gasteiger partial charge is 0.226 e. The van der Waals surface area contributed by atoms with Gasteiger partial charge in [0.05, 0.1) is 17.8 Å². The molecule has 41 heavy (non-hydrogen) atoms. The lowest BCUT2D eigenvalue weighted by atomic mass is 9.96. The second-order valence-electron chi connectivity index (χ2n) is 10.5. The number of nitrogens with one attached hydrogen (secondary N) is 2. The number of rotatable bonds is 7. The van der Waals surface area contributed by atoms with E-state index in [1.807, 2.05) is 79.9 Å². The first-order valence-corrected chi connectivity index (χ1v) is 14.2. The summed E-state index contributed by atoms with van der Waals surface area (Å²) in [5, 5.41) is 9.35. The Labute approximate surface area is 245 Å². The van der Waals surface area contributed by atoms with Crippen LogP contribution in [0.5, 0.6) is 0 Å². The number of fused-ring (bicyclic) bond motifs is 1. The molecule has 2 atom stereocenters. The van der Waals surface area contributed by atoms with E-state index in [2.05, 4.69) is 56.0 Å². The minimum atomic E-state index is -0.162. The first-order chi connectivity index (χ1) is 19.9. The fraction of sp³-hybridized carbons (Fsp3) is 0.212. The Bertz CT molecular complexity index is 1730. The van der Waals surface area contributed by atoms with Crippen molar-refractivity contribution in [2.24, 2.45) is 0 Å². The molecule has 0 spiro atoms. The highest BCUT2D eigenvalue weighted by molar-refractivity contribution is 7.80. The van der Waals surface area contributed by atoms with Crippen LogP contribution in [0.2, 0.25) is 0 Å². The van der Waals surface area contributed by atoms with E-state index >= 15 is 0 Å². The van der Waals surface area contributed by atoms with Crippen LogP contribution in [0.1, 0.15) is 46.7 Å². The first kappa shape index (κ1) is 26.7. The van der Waals surface area contributed by atoms with Crippen molar-refractivity contribution in [1.29, 1.82) is 0 Å². The fourth-order valence-electron chi connectivity index (χ4n) is 5.79. The van der Waals surface area contributed by atoms with Gasteiger partial charge in [0.1, 0.15) is 5.82 Å². The summed E-state index contributed by atoms with van der Waals surface area (Å²) in [6.07, 6.45) is 3.98. The fourth-order valence-corrected chi connectivity index (χ4v) is 6.12. The Kier molecular flexibility index (Phi) is 7.24. The molecule has 0 saturated carbocycles. The minimum absolute atomic E-state index is 0.0569. The summed E-state index contributed by atoms with van der Waals surface area (Å²) in [4.78, 5) is 24.7. The molecule has 0 unspecified atom stereocenters. The molecule has 1 aliphatic rings. The normalized spacial score (nSPS) is 16.7. The Morgan fingerprint density at radius 2 is 1.78 bits per heavy atom. The maximum absolute atomic E-state index is 13.2. The quantitative estimate of drug-likeness (QED) is 0.226. The van der Waals surface area contributed by atoms with Crippen molar-refractivity contribution < 1.29 is 4.79 Å². The molecule has 3 aromatic heterocycles. The van der Waals surface area contributed by atoms with Crippen molar-refractivity contribution in [3.8, 4) is 5.82 Å². The van der Waals surface area contributed by atoms with E-state index in [0.29, 0.717) is 11.7 Å². The average Bonchev–Trinajstić information content (AvgIpc) is 3.47. The van der Waals surface area contributed by atoms with E-state index in [1.165, 1.54) is 0 Å². The van der Waals surface area contributed by atoms with Gasteiger partial charge in [-0.25, -0.2) is 4.98 Å². The van der Waals surface area contributed by atoms with E-state index in [4.69, 9.17) is 12.2 Å². The predicted octanol–water partition coefficient (Wildman–Crippen LogP) is 6.35. The third-order valence-corrected chi connectivity index (χ3v) is 8.11. The van der Waals surface area contributed by atoms with Gasteiger partial charge in [-0.1, -0.05) is 48.5 Å². The van der Waals surface area contributed by atoms with E-state index in [-0.39, 0.29) is 24.4 Å². The van der Waals surface area contributed by atoms with Gasteiger partial charge in [0.15, 0.2) is 5.11 Å². The van der Waals surface area contributed by atoms with Gasteiger partial charge in [-0.3, -0.25) is 9.78 Å². The zero-order valence-electron chi connectivity index (χ0n) is 23.3. The Morgan fingerprint density at radius 3 is 2.56 bits per heavy atom. The Balaban J connectivity index is 1.31. The molecule has 0 aliphatic carbocycles. The van der Waals surface area contributed by atoms with Gasteiger partial charge in [-0.2, -0.15) is 0 Å². The van der Waals surface area contributed by atoms with E-state index in [1.54, 1.807) is 6.20 Å². The van der Waals surface area contributed by atoms with E-state index in [9.17, 15) is 4.79 Å². The van der Waals surface area contributed by atoms with Crippen LogP contribution in [-0.2, 0) is 4.79 Å². The van der Waals surface area contributed by atoms with Gasteiger partial charge in [-0.15, -0.1) is 0 Å². The summed E-state index contributed by atoms with van der Waals surface area (Å²) in [6.45, 7) is 6.71. The van der Waals surface area contributed by atoms with Crippen molar-refractivity contribution in [2.45, 2.75) is 39.3 Å². The molecule has 2 aromatic carbocycles. The molecule has 5 aromatic rings. The maximum Gasteiger partial charge on any atom is 0.226 e. The number of nitrogens with zero attached hydrogens (tertiary/aromatic N) is 4. The van der Waals surface area contributed by atoms with Crippen molar-refractivity contribution in [3.05, 3.63) is 119 Å². The summed E-state index contributed by atoms with van der Waals surface area (Å²) >= 11 is 5.87. The molecule has 1 amide bonds. The lowest BCUT2D eigenvalue weighted by molar-refractivity contribution is -0.116. The van der Waals surface area contributed by atoms with Gasteiger partial charge in [0, 0.05) is 47.8 Å². The highest BCUT2D eigenvalue weighted by Crippen LogP contribution is 2.41. The van der Waals surface area contributed by atoms with Crippen LogP contribution < -0.4 is 10.6 Å².